The molecule has 2 aromatic rings. The van der Waals surface area contributed by atoms with Gasteiger partial charge in [0.2, 0.25) is 0 Å². The number of benzene rings is 2. The van der Waals surface area contributed by atoms with Crippen LogP contribution in [0.2, 0.25) is 5.02 Å². The molecule has 0 saturated heterocycles. The zero-order valence-electron chi connectivity index (χ0n) is 13.8. The zero-order chi connectivity index (χ0) is 18.2. The highest BCUT2D eigenvalue weighted by molar-refractivity contribution is 6.30. The number of amides is 1. The average Bonchev–Trinajstić information content (AvgIpc) is 2.62. The maximum absolute atomic E-state index is 12.0. The Balaban J connectivity index is 1.78. The van der Waals surface area contributed by atoms with Crippen LogP contribution in [0, 0.1) is 0 Å². The van der Waals surface area contributed by atoms with E-state index < -0.39 is 18.0 Å². The number of hydrogen-bond acceptors (Lipinski definition) is 5. The van der Waals surface area contributed by atoms with Crippen LogP contribution in [-0.2, 0) is 14.3 Å². The number of esters is 1. The summed E-state index contributed by atoms with van der Waals surface area (Å²) in [6.45, 7) is 1.18. The molecular formula is C18H18ClNO5. The summed E-state index contributed by atoms with van der Waals surface area (Å²) in [5.41, 5.74) is 0.562. The standard InChI is InChI=1S/C18H18ClNO5/c1-12(18(22)20-14-5-3-13(19)4-6-14)25-17(21)11-24-16-9-7-15(23-2)8-10-16/h3-10,12H,11H2,1-2H3,(H,20,22). The molecule has 0 spiro atoms. The maximum atomic E-state index is 12.0. The molecule has 6 nitrogen and oxygen atoms in total. The molecule has 0 aliphatic carbocycles. The van der Waals surface area contributed by atoms with Crippen LogP contribution in [0.5, 0.6) is 11.5 Å². The van der Waals surface area contributed by atoms with E-state index in [4.69, 9.17) is 25.8 Å². The van der Waals surface area contributed by atoms with Crippen molar-refractivity contribution in [2.45, 2.75) is 13.0 Å². The van der Waals surface area contributed by atoms with E-state index in [1.54, 1.807) is 55.6 Å². The van der Waals surface area contributed by atoms with E-state index in [-0.39, 0.29) is 6.61 Å². The van der Waals surface area contributed by atoms with Gasteiger partial charge in [-0.1, -0.05) is 11.6 Å². The molecule has 2 aromatic carbocycles. The van der Waals surface area contributed by atoms with Gasteiger partial charge in [0.05, 0.1) is 7.11 Å². The van der Waals surface area contributed by atoms with Crippen LogP contribution in [0.25, 0.3) is 0 Å². The molecule has 0 bridgehead atoms. The van der Waals surface area contributed by atoms with E-state index in [2.05, 4.69) is 5.32 Å². The minimum atomic E-state index is -0.956. The molecule has 132 valence electrons. The van der Waals surface area contributed by atoms with Crippen molar-refractivity contribution in [3.05, 3.63) is 53.6 Å². The molecule has 25 heavy (non-hydrogen) atoms. The number of carbonyl (C=O) groups excluding carboxylic acids is 2. The van der Waals surface area contributed by atoms with Gasteiger partial charge in [0.15, 0.2) is 12.7 Å². The molecule has 0 radical (unpaired) electrons. The van der Waals surface area contributed by atoms with E-state index >= 15 is 0 Å². The van der Waals surface area contributed by atoms with Gasteiger partial charge in [0, 0.05) is 10.7 Å². The zero-order valence-corrected chi connectivity index (χ0v) is 14.6. The number of hydrogen-bond donors (Lipinski definition) is 1. The average molecular weight is 364 g/mol. The Morgan fingerprint density at radius 3 is 2.24 bits per heavy atom. The van der Waals surface area contributed by atoms with Crippen molar-refractivity contribution in [1.29, 1.82) is 0 Å². The number of carbonyl (C=O) groups is 2. The number of halogens is 1. The number of ether oxygens (including phenoxy) is 3. The second-order valence-corrected chi connectivity index (χ2v) is 5.53. The van der Waals surface area contributed by atoms with Crippen LogP contribution < -0.4 is 14.8 Å². The SMILES string of the molecule is COc1ccc(OCC(=O)OC(C)C(=O)Nc2ccc(Cl)cc2)cc1. The summed E-state index contributed by atoms with van der Waals surface area (Å²) in [5.74, 6) is 0.0909. The Labute approximate surface area is 150 Å². The molecule has 7 heteroatoms. The summed E-state index contributed by atoms with van der Waals surface area (Å²) in [5, 5.41) is 3.19. The number of methoxy groups -OCH3 is 1. The highest BCUT2D eigenvalue weighted by Crippen LogP contribution is 2.17. The lowest BCUT2D eigenvalue weighted by Crippen LogP contribution is -2.31. The van der Waals surface area contributed by atoms with E-state index in [1.807, 2.05) is 0 Å². The Morgan fingerprint density at radius 2 is 1.64 bits per heavy atom. The van der Waals surface area contributed by atoms with Crippen molar-refractivity contribution in [2.24, 2.45) is 0 Å². The molecule has 0 aliphatic heterocycles. The highest BCUT2D eigenvalue weighted by Gasteiger charge is 2.18. The Hall–Kier alpha value is -2.73. The fraction of sp³-hybridized carbons (Fsp3) is 0.222. The monoisotopic (exact) mass is 363 g/mol. The van der Waals surface area contributed by atoms with Gasteiger partial charge in [0.25, 0.3) is 5.91 Å². The molecule has 2 rings (SSSR count). The first-order chi connectivity index (χ1) is 12.0. The second kappa shape index (κ2) is 8.94. The van der Waals surface area contributed by atoms with Crippen molar-refractivity contribution in [2.75, 3.05) is 19.0 Å². The molecule has 0 saturated carbocycles. The van der Waals surface area contributed by atoms with E-state index in [0.29, 0.717) is 22.2 Å². The fourth-order valence-electron chi connectivity index (χ4n) is 1.88. The van der Waals surface area contributed by atoms with Gasteiger partial charge in [-0.3, -0.25) is 4.79 Å². The fourth-order valence-corrected chi connectivity index (χ4v) is 2.00. The van der Waals surface area contributed by atoms with Crippen molar-refractivity contribution in [3.8, 4) is 11.5 Å². The van der Waals surface area contributed by atoms with Crippen LogP contribution >= 0.6 is 11.6 Å². The molecular weight excluding hydrogens is 346 g/mol. The van der Waals surface area contributed by atoms with Gasteiger partial charge in [-0.25, -0.2) is 4.79 Å². The first-order valence-corrected chi connectivity index (χ1v) is 7.88. The largest absolute Gasteiger partial charge is 0.497 e. The first-order valence-electron chi connectivity index (χ1n) is 7.50. The summed E-state index contributed by atoms with van der Waals surface area (Å²) >= 11 is 5.78. The molecule has 1 amide bonds. The van der Waals surface area contributed by atoms with Crippen molar-refractivity contribution >= 4 is 29.2 Å². The lowest BCUT2D eigenvalue weighted by Gasteiger charge is -2.14. The van der Waals surface area contributed by atoms with Crippen LogP contribution in [0.3, 0.4) is 0 Å². The van der Waals surface area contributed by atoms with Crippen molar-refractivity contribution in [1.82, 2.24) is 0 Å². The topological polar surface area (TPSA) is 73.9 Å². The minimum Gasteiger partial charge on any atom is -0.497 e. The van der Waals surface area contributed by atoms with Crippen LogP contribution in [0.15, 0.2) is 48.5 Å². The van der Waals surface area contributed by atoms with Crippen molar-refractivity contribution < 1.29 is 23.8 Å². The van der Waals surface area contributed by atoms with Gasteiger partial charge in [-0.05, 0) is 55.5 Å². The number of rotatable bonds is 7. The first kappa shape index (κ1) is 18.6. The Kier molecular flexibility index (Phi) is 6.65. The molecule has 0 fully saturated rings. The predicted octanol–water partition coefficient (Wildman–Crippen LogP) is 3.30. The van der Waals surface area contributed by atoms with E-state index in [1.165, 1.54) is 6.92 Å². The van der Waals surface area contributed by atoms with Crippen LogP contribution in [0.1, 0.15) is 6.92 Å². The van der Waals surface area contributed by atoms with Crippen LogP contribution in [-0.4, -0.2) is 31.7 Å². The summed E-state index contributed by atoms with van der Waals surface area (Å²) in [4.78, 5) is 23.8. The van der Waals surface area contributed by atoms with Gasteiger partial charge < -0.3 is 19.5 Å². The minimum absolute atomic E-state index is 0.301. The third-order valence-electron chi connectivity index (χ3n) is 3.21. The lowest BCUT2D eigenvalue weighted by atomic mass is 10.3. The molecule has 0 aliphatic rings. The molecule has 1 N–H and O–H groups in total. The second-order valence-electron chi connectivity index (χ2n) is 5.09. The summed E-state index contributed by atoms with van der Waals surface area (Å²) in [7, 11) is 1.56. The van der Waals surface area contributed by atoms with E-state index in [9.17, 15) is 9.59 Å². The molecule has 1 unspecified atom stereocenters. The van der Waals surface area contributed by atoms with Gasteiger partial charge in [0.1, 0.15) is 11.5 Å². The summed E-state index contributed by atoms with van der Waals surface area (Å²) in [6, 6.07) is 13.4. The smallest absolute Gasteiger partial charge is 0.344 e. The normalized spacial score (nSPS) is 11.3. The van der Waals surface area contributed by atoms with Crippen molar-refractivity contribution in [3.63, 3.8) is 0 Å². The summed E-state index contributed by atoms with van der Waals surface area (Å²) < 4.78 is 15.4. The highest BCUT2D eigenvalue weighted by atomic mass is 35.5. The molecule has 0 heterocycles. The van der Waals surface area contributed by atoms with Crippen LogP contribution in [0.4, 0.5) is 5.69 Å². The Bertz CT molecular complexity index is 715. The van der Waals surface area contributed by atoms with E-state index in [0.717, 1.165) is 0 Å². The quantitative estimate of drug-likeness (QED) is 0.764. The lowest BCUT2D eigenvalue weighted by molar-refractivity contribution is -0.155. The molecule has 0 aromatic heterocycles. The van der Waals surface area contributed by atoms with Gasteiger partial charge >= 0.3 is 5.97 Å². The molecule has 1 atom stereocenters. The number of anilines is 1. The third-order valence-corrected chi connectivity index (χ3v) is 3.46. The maximum Gasteiger partial charge on any atom is 0.344 e. The Morgan fingerprint density at radius 1 is 1.04 bits per heavy atom. The van der Waals surface area contributed by atoms with Gasteiger partial charge in [-0.2, -0.15) is 0 Å². The number of nitrogens with one attached hydrogen (secondary N) is 1. The van der Waals surface area contributed by atoms with Gasteiger partial charge in [-0.15, -0.1) is 0 Å². The predicted molar refractivity (Wildman–Crippen MR) is 94.1 cm³/mol. The summed E-state index contributed by atoms with van der Waals surface area (Å²) in [6.07, 6.45) is -0.956. The third kappa shape index (κ3) is 6.00.